The Hall–Kier alpha value is -2.57. The normalized spacial score (nSPS) is 10.4. The number of aromatic carboxylic acids is 1. The molecule has 100 valence electrons. The van der Waals surface area contributed by atoms with Crippen LogP contribution in [0.15, 0.2) is 29.0 Å². The summed E-state index contributed by atoms with van der Waals surface area (Å²) in [7, 11) is 3.29. The van der Waals surface area contributed by atoms with Crippen molar-refractivity contribution in [3.05, 3.63) is 41.6 Å². The first-order valence-corrected chi connectivity index (χ1v) is 5.53. The third kappa shape index (κ3) is 2.82. The van der Waals surface area contributed by atoms with Crippen LogP contribution < -0.4 is 0 Å². The van der Waals surface area contributed by atoms with Crippen molar-refractivity contribution < 1.29 is 19.1 Å². The van der Waals surface area contributed by atoms with Gasteiger partial charge in [0.2, 0.25) is 0 Å². The summed E-state index contributed by atoms with van der Waals surface area (Å²) in [6.07, 6.45) is 2.81. The summed E-state index contributed by atoms with van der Waals surface area (Å²) < 4.78 is 6.63. The van der Waals surface area contributed by atoms with Crippen LogP contribution >= 0.6 is 0 Å². The molecule has 0 fully saturated rings. The molecule has 19 heavy (non-hydrogen) atoms. The van der Waals surface area contributed by atoms with Crippen LogP contribution in [0, 0.1) is 0 Å². The van der Waals surface area contributed by atoms with E-state index < -0.39 is 5.97 Å². The lowest BCUT2D eigenvalue weighted by Crippen LogP contribution is -2.22. The first kappa shape index (κ1) is 12.9. The topological polar surface area (TPSA) is 88.6 Å². The van der Waals surface area contributed by atoms with Crippen LogP contribution in [-0.2, 0) is 6.54 Å². The van der Waals surface area contributed by atoms with Crippen LogP contribution in [-0.4, -0.2) is 45.8 Å². The van der Waals surface area contributed by atoms with Gasteiger partial charge in [-0.3, -0.25) is 9.48 Å². The van der Waals surface area contributed by atoms with Crippen LogP contribution in [0.5, 0.6) is 0 Å². The zero-order valence-corrected chi connectivity index (χ0v) is 10.5. The Morgan fingerprint density at radius 3 is 2.79 bits per heavy atom. The first-order valence-electron chi connectivity index (χ1n) is 5.53. The Bertz CT molecular complexity index is 612. The van der Waals surface area contributed by atoms with Gasteiger partial charge in [0.1, 0.15) is 17.7 Å². The molecule has 0 aliphatic heterocycles. The van der Waals surface area contributed by atoms with Crippen molar-refractivity contribution in [3.63, 3.8) is 0 Å². The molecule has 0 atom stereocenters. The van der Waals surface area contributed by atoms with Crippen molar-refractivity contribution in [1.82, 2.24) is 14.7 Å². The predicted octanol–water partition coefficient (Wildman–Crippen LogP) is 0.924. The zero-order chi connectivity index (χ0) is 14.0. The molecule has 2 aromatic heterocycles. The number of aromatic nitrogens is 2. The summed E-state index contributed by atoms with van der Waals surface area (Å²) in [6.45, 7) is 0.272. The SMILES string of the molecule is CN(C)C(=O)c1ccn(Cc2cc(C(=O)O)co2)n1. The van der Waals surface area contributed by atoms with Crippen LogP contribution in [0.25, 0.3) is 0 Å². The minimum Gasteiger partial charge on any atom is -0.478 e. The molecule has 0 aliphatic carbocycles. The number of rotatable bonds is 4. The summed E-state index contributed by atoms with van der Waals surface area (Å²) in [4.78, 5) is 23.8. The second-order valence-electron chi connectivity index (χ2n) is 4.20. The Morgan fingerprint density at radius 1 is 1.47 bits per heavy atom. The molecule has 1 amide bonds. The van der Waals surface area contributed by atoms with E-state index in [0.29, 0.717) is 11.5 Å². The molecule has 0 aromatic carbocycles. The summed E-state index contributed by atoms with van der Waals surface area (Å²) in [6, 6.07) is 3.03. The Balaban J connectivity index is 2.11. The van der Waals surface area contributed by atoms with Gasteiger partial charge in [-0.25, -0.2) is 4.79 Å². The molecule has 0 spiro atoms. The standard InChI is InChI=1S/C12H13N3O4/c1-14(2)11(16)10-3-4-15(13-10)6-9-5-8(7-19-9)12(17)18/h3-5,7H,6H2,1-2H3,(H,17,18). The van der Waals surface area contributed by atoms with Gasteiger partial charge < -0.3 is 14.4 Å². The van der Waals surface area contributed by atoms with Crippen LogP contribution in [0.2, 0.25) is 0 Å². The first-order chi connectivity index (χ1) is 8.97. The molecule has 0 aliphatic rings. The molecule has 7 nitrogen and oxygen atoms in total. The number of carbonyl (C=O) groups is 2. The van der Waals surface area contributed by atoms with Crippen LogP contribution in [0.4, 0.5) is 0 Å². The smallest absolute Gasteiger partial charge is 0.338 e. The molecule has 1 N–H and O–H groups in total. The van der Waals surface area contributed by atoms with Gasteiger partial charge in [0.15, 0.2) is 0 Å². The van der Waals surface area contributed by atoms with E-state index in [1.165, 1.54) is 21.9 Å². The zero-order valence-electron chi connectivity index (χ0n) is 10.5. The van der Waals surface area contributed by atoms with Gasteiger partial charge in [-0.15, -0.1) is 0 Å². The maximum absolute atomic E-state index is 11.7. The molecule has 2 aromatic rings. The van der Waals surface area contributed by atoms with E-state index in [9.17, 15) is 9.59 Å². The number of carboxylic acids is 1. The van der Waals surface area contributed by atoms with Crippen molar-refractivity contribution in [2.45, 2.75) is 6.54 Å². The van der Waals surface area contributed by atoms with Crippen LogP contribution in [0.1, 0.15) is 26.6 Å². The number of nitrogens with zero attached hydrogens (tertiary/aromatic N) is 3. The lowest BCUT2D eigenvalue weighted by atomic mass is 10.3. The summed E-state index contributed by atoms with van der Waals surface area (Å²) in [5.41, 5.74) is 0.418. The minimum atomic E-state index is -1.04. The van der Waals surface area contributed by atoms with Crippen molar-refractivity contribution in [1.29, 1.82) is 0 Å². The van der Waals surface area contributed by atoms with Gasteiger partial charge in [0, 0.05) is 20.3 Å². The van der Waals surface area contributed by atoms with E-state index >= 15 is 0 Å². The molecule has 0 saturated heterocycles. The molecule has 0 saturated carbocycles. The number of carbonyl (C=O) groups excluding carboxylic acids is 1. The van der Waals surface area contributed by atoms with Crippen molar-refractivity contribution in [3.8, 4) is 0 Å². The van der Waals surface area contributed by atoms with Gasteiger partial charge >= 0.3 is 5.97 Å². The molecule has 2 rings (SSSR count). The minimum absolute atomic E-state index is 0.0896. The van der Waals surface area contributed by atoms with E-state index in [0.717, 1.165) is 0 Å². The third-order valence-corrected chi connectivity index (χ3v) is 2.48. The van der Waals surface area contributed by atoms with Crippen molar-refractivity contribution >= 4 is 11.9 Å². The van der Waals surface area contributed by atoms with Crippen molar-refractivity contribution in [2.24, 2.45) is 0 Å². The largest absolute Gasteiger partial charge is 0.478 e. The molecule has 0 unspecified atom stereocenters. The second-order valence-corrected chi connectivity index (χ2v) is 4.20. The predicted molar refractivity (Wildman–Crippen MR) is 65.0 cm³/mol. The summed E-state index contributed by atoms with van der Waals surface area (Å²) >= 11 is 0. The number of hydrogen-bond donors (Lipinski definition) is 1. The molecular weight excluding hydrogens is 250 g/mol. The fraction of sp³-hybridized carbons (Fsp3) is 0.250. The van der Waals surface area contributed by atoms with E-state index in [2.05, 4.69) is 5.10 Å². The molecule has 2 heterocycles. The van der Waals surface area contributed by atoms with E-state index in [1.54, 1.807) is 26.4 Å². The maximum Gasteiger partial charge on any atom is 0.338 e. The van der Waals surface area contributed by atoms with E-state index in [1.807, 2.05) is 0 Å². The third-order valence-electron chi connectivity index (χ3n) is 2.48. The highest BCUT2D eigenvalue weighted by atomic mass is 16.4. The lowest BCUT2D eigenvalue weighted by Gasteiger charge is -2.06. The van der Waals surface area contributed by atoms with Gasteiger partial charge in [0.05, 0.1) is 12.1 Å². The number of amides is 1. The fourth-order valence-corrected chi connectivity index (χ4v) is 1.53. The lowest BCUT2D eigenvalue weighted by molar-refractivity contribution is 0.0695. The molecule has 0 radical (unpaired) electrons. The molecule has 0 bridgehead atoms. The number of carboxylic acid groups (broad SMARTS) is 1. The Labute approximate surface area is 109 Å². The van der Waals surface area contributed by atoms with Gasteiger partial charge in [-0.05, 0) is 12.1 Å². The van der Waals surface area contributed by atoms with Crippen molar-refractivity contribution in [2.75, 3.05) is 14.1 Å². The highest BCUT2D eigenvalue weighted by Crippen LogP contribution is 2.10. The molecular formula is C12H13N3O4. The second kappa shape index (κ2) is 4.97. The number of furan rings is 1. The van der Waals surface area contributed by atoms with Gasteiger partial charge in [-0.2, -0.15) is 5.10 Å². The van der Waals surface area contributed by atoms with E-state index in [4.69, 9.17) is 9.52 Å². The average Bonchev–Trinajstić information content (AvgIpc) is 2.97. The average molecular weight is 263 g/mol. The summed E-state index contributed by atoms with van der Waals surface area (Å²) in [5.74, 6) is -0.771. The molecule has 7 heteroatoms. The van der Waals surface area contributed by atoms with Gasteiger partial charge in [0.25, 0.3) is 5.91 Å². The van der Waals surface area contributed by atoms with E-state index in [-0.39, 0.29) is 18.0 Å². The Morgan fingerprint density at radius 2 is 2.21 bits per heavy atom. The monoisotopic (exact) mass is 263 g/mol. The quantitative estimate of drug-likeness (QED) is 0.886. The summed E-state index contributed by atoms with van der Waals surface area (Å²) in [5, 5.41) is 12.9. The van der Waals surface area contributed by atoms with Crippen LogP contribution in [0.3, 0.4) is 0 Å². The highest BCUT2D eigenvalue weighted by molar-refractivity contribution is 5.91. The number of hydrogen-bond acceptors (Lipinski definition) is 4. The maximum atomic E-state index is 11.7. The fourth-order valence-electron chi connectivity index (χ4n) is 1.53. The Kier molecular flexibility index (Phi) is 3.37. The van der Waals surface area contributed by atoms with Gasteiger partial charge in [-0.1, -0.05) is 0 Å². The highest BCUT2D eigenvalue weighted by Gasteiger charge is 2.13.